The van der Waals surface area contributed by atoms with Crippen molar-refractivity contribution in [1.82, 2.24) is 4.90 Å². The highest BCUT2D eigenvalue weighted by Crippen LogP contribution is 2.53. The van der Waals surface area contributed by atoms with E-state index in [9.17, 15) is 18.8 Å². The zero-order chi connectivity index (χ0) is 29.0. The highest BCUT2D eigenvalue weighted by Gasteiger charge is 2.64. The number of halogens is 1. The fourth-order valence-corrected chi connectivity index (χ4v) is 6.22. The van der Waals surface area contributed by atoms with Crippen molar-refractivity contribution in [3.05, 3.63) is 141 Å². The lowest BCUT2D eigenvalue weighted by Crippen LogP contribution is -2.53. The number of benzene rings is 4. The van der Waals surface area contributed by atoms with Crippen molar-refractivity contribution in [2.75, 3.05) is 18.6 Å². The molecule has 0 fully saturated rings. The molecule has 1 spiro atoms. The predicted molar refractivity (Wildman–Crippen MR) is 155 cm³/mol. The summed E-state index contributed by atoms with van der Waals surface area (Å²) < 4.78 is 26.2. The van der Waals surface area contributed by atoms with Gasteiger partial charge in [-0.05, 0) is 48.4 Å². The van der Waals surface area contributed by atoms with Crippen LogP contribution in [0, 0.1) is 5.82 Å². The Bertz CT molecular complexity index is 1950. The third-order valence-electron chi connectivity index (χ3n) is 8.21. The van der Waals surface area contributed by atoms with Gasteiger partial charge >= 0.3 is 0 Å². The first-order chi connectivity index (χ1) is 20.4. The molecule has 8 heteroatoms. The summed E-state index contributed by atoms with van der Waals surface area (Å²) in [6, 6.07) is 27.5. The molecule has 0 N–H and O–H groups in total. The molecule has 2 aliphatic heterocycles. The van der Waals surface area contributed by atoms with Gasteiger partial charge in [0, 0.05) is 17.7 Å². The van der Waals surface area contributed by atoms with Gasteiger partial charge < -0.3 is 19.0 Å². The van der Waals surface area contributed by atoms with Gasteiger partial charge in [-0.3, -0.25) is 14.4 Å². The van der Waals surface area contributed by atoms with Crippen LogP contribution in [0.3, 0.4) is 0 Å². The maximum Gasteiger partial charge on any atom is 0.291 e. The number of rotatable bonds is 6. The lowest BCUT2D eigenvalue weighted by atomic mass is 9.83. The van der Waals surface area contributed by atoms with Gasteiger partial charge in [-0.1, -0.05) is 60.7 Å². The fraction of sp³-hybridized carbons (Fsp3) is 0.147. The molecule has 7 nitrogen and oxygen atoms in total. The second-order valence-electron chi connectivity index (χ2n) is 10.4. The van der Waals surface area contributed by atoms with Crippen LogP contribution in [0.25, 0.3) is 11.0 Å². The average molecular weight is 561 g/mol. The molecule has 1 atom stereocenters. The average Bonchev–Trinajstić information content (AvgIpc) is 3.41. The molecule has 1 aromatic heterocycles. The fourth-order valence-electron chi connectivity index (χ4n) is 6.22. The number of nitrogens with zero attached hydrogens (tertiary/aromatic N) is 2. The molecule has 4 aromatic carbocycles. The minimum Gasteiger partial charge on any atom is -0.497 e. The summed E-state index contributed by atoms with van der Waals surface area (Å²) in [5, 5.41) is 0.276. The minimum absolute atomic E-state index is 0.00517. The Morgan fingerprint density at radius 3 is 2.36 bits per heavy atom. The van der Waals surface area contributed by atoms with E-state index in [1.165, 1.54) is 15.9 Å². The molecule has 0 bridgehead atoms. The molecule has 0 saturated heterocycles. The number of para-hydroxylation sites is 2. The summed E-state index contributed by atoms with van der Waals surface area (Å²) in [6.45, 7) is 0.0534. The Labute approximate surface area is 240 Å². The van der Waals surface area contributed by atoms with Crippen LogP contribution < -0.4 is 15.1 Å². The van der Waals surface area contributed by atoms with Gasteiger partial charge in [0.1, 0.15) is 17.1 Å². The van der Waals surface area contributed by atoms with Gasteiger partial charge in [0.25, 0.3) is 11.8 Å². The van der Waals surface area contributed by atoms with Crippen LogP contribution >= 0.6 is 0 Å². The van der Waals surface area contributed by atoms with E-state index in [4.69, 9.17) is 9.15 Å². The third kappa shape index (κ3) is 3.61. The Kier molecular flexibility index (Phi) is 5.93. The smallest absolute Gasteiger partial charge is 0.291 e. The highest BCUT2D eigenvalue weighted by atomic mass is 19.1. The van der Waals surface area contributed by atoms with Crippen LogP contribution in [0.15, 0.2) is 106 Å². The third-order valence-corrected chi connectivity index (χ3v) is 8.21. The van der Waals surface area contributed by atoms with E-state index in [-0.39, 0.29) is 35.4 Å². The Balaban J connectivity index is 1.43. The molecular weight excluding hydrogens is 535 g/mol. The molecule has 2 aliphatic rings. The topological polar surface area (TPSA) is 80.1 Å². The second kappa shape index (κ2) is 9.69. The van der Waals surface area contributed by atoms with Gasteiger partial charge in [0.15, 0.2) is 11.0 Å². The van der Waals surface area contributed by atoms with Gasteiger partial charge in [-0.2, -0.15) is 0 Å². The molecule has 42 heavy (non-hydrogen) atoms. The summed E-state index contributed by atoms with van der Waals surface area (Å²) in [4.78, 5) is 46.1. The molecule has 3 heterocycles. The zero-order valence-corrected chi connectivity index (χ0v) is 22.7. The number of carbonyl (C=O) groups excluding carboxylic acids is 2. The number of carbonyl (C=O) groups is 2. The van der Waals surface area contributed by atoms with E-state index >= 15 is 0 Å². The van der Waals surface area contributed by atoms with Crippen molar-refractivity contribution < 1.29 is 23.1 Å². The number of anilines is 1. The summed E-state index contributed by atoms with van der Waals surface area (Å²) in [7, 11) is 1.59. The molecule has 0 aliphatic carbocycles. The van der Waals surface area contributed by atoms with E-state index in [0.717, 1.165) is 5.56 Å². The molecule has 5 aromatic rings. The maximum atomic E-state index is 14.8. The first-order valence-electron chi connectivity index (χ1n) is 13.6. The van der Waals surface area contributed by atoms with Crippen molar-refractivity contribution in [2.45, 2.75) is 18.5 Å². The number of hydrogen-bond donors (Lipinski definition) is 0. The van der Waals surface area contributed by atoms with Crippen molar-refractivity contribution in [1.29, 1.82) is 0 Å². The lowest BCUT2D eigenvalue weighted by molar-refractivity contribution is -0.126. The van der Waals surface area contributed by atoms with Gasteiger partial charge in [0.2, 0.25) is 5.76 Å². The van der Waals surface area contributed by atoms with Crippen LogP contribution in [0.4, 0.5) is 10.1 Å². The SMILES string of the molecule is COc1ccc(CCN2C(=O)c3oc4ccccc4c(=O)c3C23C(=O)N(Cc2ccccc2F)c2ccccc23)cc1. The monoisotopic (exact) mass is 560 g/mol. The van der Waals surface area contributed by atoms with Crippen LogP contribution in [-0.2, 0) is 23.3 Å². The van der Waals surface area contributed by atoms with Gasteiger partial charge in [-0.15, -0.1) is 0 Å². The molecule has 1 unspecified atom stereocenters. The van der Waals surface area contributed by atoms with Crippen molar-refractivity contribution >= 4 is 28.5 Å². The van der Waals surface area contributed by atoms with Crippen LogP contribution in [0.1, 0.15) is 32.8 Å². The number of amides is 2. The van der Waals surface area contributed by atoms with Crippen LogP contribution in [0.2, 0.25) is 0 Å². The summed E-state index contributed by atoms with van der Waals surface area (Å²) in [5.41, 5.74) is 0.273. The van der Waals surface area contributed by atoms with E-state index in [1.807, 2.05) is 24.3 Å². The Hall–Kier alpha value is -5.24. The largest absolute Gasteiger partial charge is 0.497 e. The minimum atomic E-state index is -1.77. The standard InChI is InChI=1S/C34H25FN2O5/c1-41-23-16-14-21(15-17-23)18-19-37-32(39)31-29(30(38)24-9-3-7-13-28(24)42-31)34(37)25-10-4-6-12-27(25)36(33(34)40)20-22-8-2-5-11-26(22)35/h2-17H,18-20H2,1H3. The molecule has 208 valence electrons. The van der Waals surface area contributed by atoms with E-state index in [2.05, 4.69) is 0 Å². The number of fused-ring (bicyclic) bond motifs is 5. The van der Waals surface area contributed by atoms with Gasteiger partial charge in [-0.25, -0.2) is 4.39 Å². The molecule has 2 amide bonds. The molecular formula is C34H25FN2O5. The maximum absolute atomic E-state index is 14.8. The summed E-state index contributed by atoms with van der Waals surface area (Å²) >= 11 is 0. The van der Waals surface area contributed by atoms with Crippen molar-refractivity contribution in [3.63, 3.8) is 0 Å². The predicted octanol–water partition coefficient (Wildman–Crippen LogP) is 5.43. The second-order valence-corrected chi connectivity index (χ2v) is 10.4. The molecule has 0 saturated carbocycles. The van der Waals surface area contributed by atoms with Crippen molar-refractivity contribution in [3.8, 4) is 5.75 Å². The molecule has 0 radical (unpaired) electrons. The number of ether oxygens (including phenoxy) is 1. The summed E-state index contributed by atoms with van der Waals surface area (Å²) in [5.74, 6) is -0.948. The first-order valence-corrected chi connectivity index (χ1v) is 13.6. The number of methoxy groups -OCH3 is 1. The summed E-state index contributed by atoms with van der Waals surface area (Å²) in [6.07, 6.45) is 0.405. The van der Waals surface area contributed by atoms with Crippen LogP contribution in [-0.4, -0.2) is 30.4 Å². The van der Waals surface area contributed by atoms with Crippen molar-refractivity contribution in [2.24, 2.45) is 0 Å². The van der Waals surface area contributed by atoms with E-state index in [0.29, 0.717) is 29.0 Å². The Morgan fingerprint density at radius 2 is 1.57 bits per heavy atom. The van der Waals surface area contributed by atoms with E-state index in [1.54, 1.807) is 73.8 Å². The quantitative estimate of drug-likeness (QED) is 0.277. The van der Waals surface area contributed by atoms with Crippen LogP contribution in [0.5, 0.6) is 5.75 Å². The highest BCUT2D eigenvalue weighted by molar-refractivity contribution is 6.17. The van der Waals surface area contributed by atoms with E-state index < -0.39 is 28.6 Å². The first kappa shape index (κ1) is 25.7. The normalized spacial score (nSPS) is 17.3. The zero-order valence-electron chi connectivity index (χ0n) is 22.7. The number of hydrogen-bond acceptors (Lipinski definition) is 5. The molecule has 7 rings (SSSR count). The lowest BCUT2D eigenvalue weighted by Gasteiger charge is -2.34. The van der Waals surface area contributed by atoms with Gasteiger partial charge in [0.05, 0.1) is 30.3 Å². The Morgan fingerprint density at radius 1 is 0.857 bits per heavy atom.